The molecule has 0 amide bonds. The quantitative estimate of drug-likeness (QED) is 0.750. The molecule has 4 rings (SSSR count). The fourth-order valence-electron chi connectivity index (χ4n) is 3.08. The Morgan fingerprint density at radius 1 is 1.26 bits per heavy atom. The zero-order valence-electron chi connectivity index (χ0n) is 12.5. The van der Waals surface area contributed by atoms with Gasteiger partial charge in [0.15, 0.2) is 0 Å². The van der Waals surface area contributed by atoms with Crippen LogP contribution in [0.15, 0.2) is 29.1 Å². The first kappa shape index (κ1) is 14.7. The van der Waals surface area contributed by atoms with Gasteiger partial charge in [-0.05, 0) is 43.4 Å². The Morgan fingerprint density at radius 3 is 2.96 bits per heavy atom. The highest BCUT2D eigenvalue weighted by Crippen LogP contribution is 2.33. The second-order valence-electron chi connectivity index (χ2n) is 5.74. The number of halogens is 1. The molecule has 3 aromatic rings. The molecule has 0 unspecified atom stereocenters. The zero-order valence-corrected chi connectivity index (χ0v) is 14.1. The van der Waals surface area contributed by atoms with Gasteiger partial charge >= 0.3 is 0 Å². The molecule has 6 heteroatoms. The molecule has 23 heavy (non-hydrogen) atoms. The Hall–Kier alpha value is -1.85. The van der Waals surface area contributed by atoms with Crippen LogP contribution < -0.4 is 10.9 Å². The molecule has 1 aromatic carbocycles. The number of H-pyrrole nitrogens is 1. The molecule has 1 aliphatic rings. The normalized spacial score (nSPS) is 14.0. The topological polar surface area (TPSA) is 57.8 Å². The van der Waals surface area contributed by atoms with Crippen molar-refractivity contribution in [1.29, 1.82) is 0 Å². The highest BCUT2D eigenvalue weighted by atomic mass is 35.5. The van der Waals surface area contributed by atoms with E-state index in [0.29, 0.717) is 17.4 Å². The van der Waals surface area contributed by atoms with Gasteiger partial charge in [0, 0.05) is 4.88 Å². The Labute approximate surface area is 142 Å². The summed E-state index contributed by atoms with van der Waals surface area (Å²) in [5, 5.41) is 4.68. The van der Waals surface area contributed by atoms with Crippen LogP contribution in [0.2, 0.25) is 5.02 Å². The molecule has 0 fully saturated rings. The van der Waals surface area contributed by atoms with E-state index in [1.165, 1.54) is 16.9 Å². The number of aryl methyl sites for hydroxylation is 2. The van der Waals surface area contributed by atoms with E-state index in [4.69, 9.17) is 11.6 Å². The summed E-state index contributed by atoms with van der Waals surface area (Å²) in [4.78, 5) is 22.2. The molecule has 0 saturated carbocycles. The summed E-state index contributed by atoms with van der Waals surface area (Å²) in [6, 6.07) is 7.54. The smallest absolute Gasteiger partial charge is 0.259 e. The molecule has 118 valence electrons. The van der Waals surface area contributed by atoms with Gasteiger partial charge in [0.05, 0.1) is 22.6 Å². The number of nitrogens with zero attached hydrogens (tertiary/aromatic N) is 1. The summed E-state index contributed by atoms with van der Waals surface area (Å²) in [5.74, 6) is 0.640. The molecule has 0 aliphatic heterocycles. The maximum atomic E-state index is 12.5. The minimum Gasteiger partial charge on any atom is -0.377 e. The highest BCUT2D eigenvalue weighted by molar-refractivity contribution is 7.18. The molecule has 1 aliphatic carbocycles. The van der Waals surface area contributed by atoms with Gasteiger partial charge in [0.2, 0.25) is 0 Å². The van der Waals surface area contributed by atoms with Crippen molar-refractivity contribution in [2.75, 3.05) is 5.32 Å². The average Bonchev–Trinajstić information content (AvgIpc) is 2.93. The van der Waals surface area contributed by atoms with Crippen molar-refractivity contribution in [3.05, 3.63) is 55.9 Å². The molecule has 0 atom stereocenters. The maximum absolute atomic E-state index is 12.5. The van der Waals surface area contributed by atoms with Crippen LogP contribution in [0.5, 0.6) is 0 Å². The molecule has 2 N–H and O–H groups in total. The standard InChI is InChI=1S/C17H16ClN3OS/c18-11-6-2-3-7-12(11)19-9-14-20-16(22)15-10-5-1-4-8-13(10)23-17(15)21-14/h2-3,6-7,19H,1,4-5,8-9H2,(H,20,21,22). The number of para-hydroxylation sites is 1. The van der Waals surface area contributed by atoms with Gasteiger partial charge in [0.25, 0.3) is 5.56 Å². The van der Waals surface area contributed by atoms with Crippen LogP contribution >= 0.6 is 22.9 Å². The lowest BCUT2D eigenvalue weighted by molar-refractivity contribution is 0.700. The maximum Gasteiger partial charge on any atom is 0.259 e. The summed E-state index contributed by atoms with van der Waals surface area (Å²) in [5.41, 5.74) is 2.03. The fourth-order valence-corrected chi connectivity index (χ4v) is 4.56. The zero-order chi connectivity index (χ0) is 15.8. The third-order valence-electron chi connectivity index (χ3n) is 4.19. The van der Waals surface area contributed by atoms with Crippen molar-refractivity contribution < 1.29 is 0 Å². The van der Waals surface area contributed by atoms with Gasteiger partial charge in [-0.25, -0.2) is 4.98 Å². The Morgan fingerprint density at radius 2 is 2.09 bits per heavy atom. The lowest BCUT2D eigenvalue weighted by Crippen LogP contribution is -2.15. The molecule has 0 saturated heterocycles. The summed E-state index contributed by atoms with van der Waals surface area (Å²) >= 11 is 7.80. The van der Waals surface area contributed by atoms with Crippen molar-refractivity contribution >= 4 is 38.8 Å². The molecule has 4 nitrogen and oxygen atoms in total. The number of nitrogens with one attached hydrogen (secondary N) is 2. The van der Waals surface area contributed by atoms with E-state index in [1.54, 1.807) is 11.3 Å². The van der Waals surface area contributed by atoms with Crippen LogP contribution in [0.3, 0.4) is 0 Å². The van der Waals surface area contributed by atoms with Crippen molar-refractivity contribution in [1.82, 2.24) is 9.97 Å². The number of hydrogen-bond donors (Lipinski definition) is 2. The first-order chi connectivity index (χ1) is 11.2. The highest BCUT2D eigenvalue weighted by Gasteiger charge is 2.19. The first-order valence-corrected chi connectivity index (χ1v) is 8.93. The number of aromatic amines is 1. The van der Waals surface area contributed by atoms with E-state index in [9.17, 15) is 4.79 Å². The van der Waals surface area contributed by atoms with Gasteiger partial charge in [-0.2, -0.15) is 0 Å². The van der Waals surface area contributed by atoms with Crippen LogP contribution in [0.1, 0.15) is 29.1 Å². The second kappa shape index (κ2) is 5.98. The molecular formula is C17H16ClN3OS. The van der Waals surface area contributed by atoms with Crippen molar-refractivity contribution in [2.24, 2.45) is 0 Å². The van der Waals surface area contributed by atoms with Crippen LogP contribution in [0.25, 0.3) is 10.2 Å². The molecule has 0 radical (unpaired) electrons. The number of anilines is 1. The minimum atomic E-state index is -0.0228. The molecule has 0 spiro atoms. The minimum absolute atomic E-state index is 0.0228. The summed E-state index contributed by atoms with van der Waals surface area (Å²) in [6.07, 6.45) is 4.44. The fraction of sp³-hybridized carbons (Fsp3) is 0.294. The van der Waals surface area contributed by atoms with E-state index in [0.717, 1.165) is 35.2 Å². The van der Waals surface area contributed by atoms with Crippen LogP contribution in [-0.4, -0.2) is 9.97 Å². The van der Waals surface area contributed by atoms with Crippen molar-refractivity contribution in [3.63, 3.8) is 0 Å². The number of fused-ring (bicyclic) bond motifs is 3. The number of thiophene rings is 1. The lowest BCUT2D eigenvalue weighted by Gasteiger charge is -2.10. The SMILES string of the molecule is O=c1[nH]c(CNc2ccccc2Cl)nc2sc3c(c12)CCCC3. The average molecular weight is 346 g/mol. The van der Waals surface area contributed by atoms with Gasteiger partial charge < -0.3 is 10.3 Å². The molecule has 2 heterocycles. The van der Waals surface area contributed by atoms with E-state index in [1.807, 2.05) is 24.3 Å². The third-order valence-corrected chi connectivity index (χ3v) is 5.71. The van der Waals surface area contributed by atoms with E-state index >= 15 is 0 Å². The van der Waals surface area contributed by atoms with Gasteiger partial charge in [0.1, 0.15) is 10.7 Å². The Kier molecular flexibility index (Phi) is 3.83. The van der Waals surface area contributed by atoms with Crippen LogP contribution in [-0.2, 0) is 19.4 Å². The predicted molar refractivity (Wildman–Crippen MR) is 95.7 cm³/mol. The van der Waals surface area contributed by atoms with Crippen LogP contribution in [0.4, 0.5) is 5.69 Å². The van der Waals surface area contributed by atoms with Gasteiger partial charge in [-0.3, -0.25) is 4.79 Å². The summed E-state index contributed by atoms with van der Waals surface area (Å²) < 4.78 is 0. The van der Waals surface area contributed by atoms with Gasteiger partial charge in [-0.1, -0.05) is 23.7 Å². The monoisotopic (exact) mass is 345 g/mol. The van der Waals surface area contributed by atoms with E-state index < -0.39 is 0 Å². The number of rotatable bonds is 3. The number of hydrogen-bond acceptors (Lipinski definition) is 4. The van der Waals surface area contributed by atoms with Crippen LogP contribution in [0, 0.1) is 0 Å². The third kappa shape index (κ3) is 2.75. The van der Waals surface area contributed by atoms with Gasteiger partial charge in [-0.15, -0.1) is 11.3 Å². The summed E-state index contributed by atoms with van der Waals surface area (Å²) in [6.45, 7) is 0.442. The number of benzene rings is 1. The largest absolute Gasteiger partial charge is 0.377 e. The molecule has 0 bridgehead atoms. The van der Waals surface area contributed by atoms with E-state index in [-0.39, 0.29) is 5.56 Å². The Balaban J connectivity index is 1.66. The van der Waals surface area contributed by atoms with Crippen molar-refractivity contribution in [2.45, 2.75) is 32.2 Å². The molecular weight excluding hydrogens is 330 g/mol. The Bertz CT molecular complexity index is 931. The first-order valence-electron chi connectivity index (χ1n) is 7.74. The summed E-state index contributed by atoms with van der Waals surface area (Å²) in [7, 11) is 0. The second-order valence-corrected chi connectivity index (χ2v) is 7.23. The van der Waals surface area contributed by atoms with E-state index in [2.05, 4.69) is 15.3 Å². The molecule has 2 aromatic heterocycles. The lowest BCUT2D eigenvalue weighted by atomic mass is 9.97. The predicted octanol–water partition coefficient (Wildman–Crippen LogP) is 4.13. The van der Waals surface area contributed by atoms with Crippen molar-refractivity contribution in [3.8, 4) is 0 Å². The number of aromatic nitrogens is 2.